The van der Waals surface area contributed by atoms with Crippen molar-refractivity contribution in [2.75, 3.05) is 7.11 Å². The van der Waals surface area contributed by atoms with Crippen LogP contribution in [0.25, 0.3) is 0 Å². The third-order valence-electron chi connectivity index (χ3n) is 3.24. The Morgan fingerprint density at radius 3 is 2.65 bits per heavy atom. The standard InChI is InChI=1S/C15H21NO/c1-5-6-11(2)14(10-16)13-8-7-12(3)15(9-13)17-4/h7-9,11,14H,5-6H2,1-4H3. The molecule has 17 heavy (non-hydrogen) atoms. The SMILES string of the molecule is CCCC(C)C(C#N)c1ccc(C)c(OC)c1. The molecule has 1 aromatic rings. The van der Waals surface area contributed by atoms with E-state index in [0.29, 0.717) is 5.92 Å². The summed E-state index contributed by atoms with van der Waals surface area (Å²) in [7, 11) is 1.67. The third kappa shape index (κ3) is 3.23. The molecule has 2 nitrogen and oxygen atoms in total. The number of rotatable bonds is 5. The van der Waals surface area contributed by atoms with Crippen molar-refractivity contribution in [2.24, 2.45) is 5.92 Å². The normalized spacial score (nSPS) is 13.8. The van der Waals surface area contributed by atoms with Gasteiger partial charge in [-0.1, -0.05) is 32.4 Å². The van der Waals surface area contributed by atoms with Crippen molar-refractivity contribution in [1.82, 2.24) is 0 Å². The van der Waals surface area contributed by atoms with Crippen molar-refractivity contribution in [2.45, 2.75) is 39.5 Å². The molecule has 0 bridgehead atoms. The van der Waals surface area contributed by atoms with Crippen molar-refractivity contribution in [3.63, 3.8) is 0 Å². The van der Waals surface area contributed by atoms with E-state index in [0.717, 1.165) is 29.7 Å². The zero-order valence-corrected chi connectivity index (χ0v) is 11.2. The molecule has 0 N–H and O–H groups in total. The minimum atomic E-state index is -0.0375. The molecule has 0 amide bonds. The lowest BCUT2D eigenvalue weighted by molar-refractivity contribution is 0.409. The molecule has 0 aliphatic carbocycles. The van der Waals surface area contributed by atoms with E-state index in [1.165, 1.54) is 0 Å². The average Bonchev–Trinajstić information content (AvgIpc) is 2.32. The van der Waals surface area contributed by atoms with Gasteiger partial charge in [0.05, 0.1) is 19.1 Å². The second-order valence-electron chi connectivity index (χ2n) is 4.60. The molecule has 0 saturated carbocycles. The van der Waals surface area contributed by atoms with Crippen molar-refractivity contribution >= 4 is 0 Å². The van der Waals surface area contributed by atoms with Gasteiger partial charge in [0.1, 0.15) is 5.75 Å². The van der Waals surface area contributed by atoms with Crippen LogP contribution in [0.5, 0.6) is 5.75 Å². The number of hydrogen-bond acceptors (Lipinski definition) is 2. The Morgan fingerprint density at radius 2 is 2.12 bits per heavy atom. The lowest BCUT2D eigenvalue weighted by Gasteiger charge is -2.18. The molecule has 0 aliphatic heterocycles. The minimum absolute atomic E-state index is 0.0375. The molecule has 1 aromatic carbocycles. The average molecular weight is 231 g/mol. The van der Waals surface area contributed by atoms with Crippen LogP contribution in [0.15, 0.2) is 18.2 Å². The number of methoxy groups -OCH3 is 1. The maximum Gasteiger partial charge on any atom is 0.122 e. The second-order valence-corrected chi connectivity index (χ2v) is 4.60. The lowest BCUT2D eigenvalue weighted by Crippen LogP contribution is -2.08. The van der Waals surface area contributed by atoms with Crippen LogP contribution in [0, 0.1) is 24.2 Å². The van der Waals surface area contributed by atoms with E-state index in [-0.39, 0.29) is 5.92 Å². The summed E-state index contributed by atoms with van der Waals surface area (Å²) < 4.78 is 5.31. The summed E-state index contributed by atoms with van der Waals surface area (Å²) in [6.45, 7) is 6.31. The number of nitrogens with zero attached hydrogens (tertiary/aromatic N) is 1. The van der Waals surface area contributed by atoms with E-state index in [2.05, 4.69) is 19.9 Å². The van der Waals surface area contributed by atoms with Crippen molar-refractivity contribution < 1.29 is 4.74 Å². The number of benzene rings is 1. The highest BCUT2D eigenvalue weighted by Gasteiger charge is 2.19. The van der Waals surface area contributed by atoms with Crippen LogP contribution in [-0.4, -0.2) is 7.11 Å². The molecule has 0 heterocycles. The highest BCUT2D eigenvalue weighted by atomic mass is 16.5. The van der Waals surface area contributed by atoms with Gasteiger partial charge in [0, 0.05) is 0 Å². The van der Waals surface area contributed by atoms with Gasteiger partial charge in [-0.15, -0.1) is 0 Å². The van der Waals surface area contributed by atoms with Crippen LogP contribution in [0.1, 0.15) is 43.7 Å². The van der Waals surface area contributed by atoms with Crippen LogP contribution in [-0.2, 0) is 0 Å². The lowest BCUT2D eigenvalue weighted by atomic mass is 9.85. The molecule has 1 rings (SSSR count). The molecular weight excluding hydrogens is 210 g/mol. The monoisotopic (exact) mass is 231 g/mol. The zero-order valence-electron chi connectivity index (χ0n) is 11.2. The maximum absolute atomic E-state index is 9.32. The number of hydrogen-bond donors (Lipinski definition) is 0. The molecule has 0 saturated heterocycles. The molecule has 0 aromatic heterocycles. The van der Waals surface area contributed by atoms with Crippen molar-refractivity contribution in [1.29, 1.82) is 5.26 Å². The van der Waals surface area contributed by atoms with Gasteiger partial charge in [-0.05, 0) is 36.5 Å². The third-order valence-corrected chi connectivity index (χ3v) is 3.24. The summed E-state index contributed by atoms with van der Waals surface area (Å²) in [4.78, 5) is 0. The Morgan fingerprint density at radius 1 is 1.41 bits per heavy atom. The van der Waals surface area contributed by atoms with Gasteiger partial charge in [-0.3, -0.25) is 0 Å². The molecule has 2 atom stereocenters. The van der Waals surface area contributed by atoms with E-state index < -0.39 is 0 Å². The molecule has 2 unspecified atom stereocenters. The van der Waals surface area contributed by atoms with Crippen LogP contribution < -0.4 is 4.74 Å². The molecule has 0 aliphatic rings. The highest BCUT2D eigenvalue weighted by molar-refractivity contribution is 5.39. The number of nitriles is 1. The molecule has 0 radical (unpaired) electrons. The van der Waals surface area contributed by atoms with Gasteiger partial charge >= 0.3 is 0 Å². The summed E-state index contributed by atoms with van der Waals surface area (Å²) in [6.07, 6.45) is 2.19. The highest BCUT2D eigenvalue weighted by Crippen LogP contribution is 2.30. The maximum atomic E-state index is 9.32. The van der Waals surface area contributed by atoms with E-state index in [1.54, 1.807) is 7.11 Å². The predicted octanol–water partition coefficient (Wildman–Crippen LogP) is 4.05. The van der Waals surface area contributed by atoms with E-state index in [1.807, 2.05) is 25.1 Å². The molecule has 92 valence electrons. The van der Waals surface area contributed by atoms with Crippen LogP contribution in [0.3, 0.4) is 0 Å². The van der Waals surface area contributed by atoms with E-state index >= 15 is 0 Å². The largest absolute Gasteiger partial charge is 0.496 e. The van der Waals surface area contributed by atoms with Gasteiger partial charge < -0.3 is 4.74 Å². The summed E-state index contributed by atoms with van der Waals surface area (Å²) in [5, 5.41) is 9.32. The first-order valence-corrected chi connectivity index (χ1v) is 6.18. The summed E-state index contributed by atoms with van der Waals surface area (Å²) in [5.41, 5.74) is 2.17. The number of aryl methyl sites for hydroxylation is 1. The molecular formula is C15H21NO. The van der Waals surface area contributed by atoms with Gasteiger partial charge in [0.15, 0.2) is 0 Å². The molecule has 2 heteroatoms. The van der Waals surface area contributed by atoms with E-state index in [4.69, 9.17) is 4.74 Å². The Balaban J connectivity index is 3.01. The fourth-order valence-electron chi connectivity index (χ4n) is 2.18. The Labute approximate surface area is 104 Å². The predicted molar refractivity (Wildman–Crippen MR) is 70.2 cm³/mol. The van der Waals surface area contributed by atoms with Gasteiger partial charge in [0.2, 0.25) is 0 Å². The van der Waals surface area contributed by atoms with Crippen molar-refractivity contribution in [3.05, 3.63) is 29.3 Å². The van der Waals surface area contributed by atoms with Gasteiger partial charge in [-0.25, -0.2) is 0 Å². The fourth-order valence-corrected chi connectivity index (χ4v) is 2.18. The first-order chi connectivity index (χ1) is 8.13. The number of ether oxygens (including phenoxy) is 1. The first-order valence-electron chi connectivity index (χ1n) is 6.18. The van der Waals surface area contributed by atoms with Gasteiger partial charge in [0.25, 0.3) is 0 Å². The first kappa shape index (κ1) is 13.6. The van der Waals surface area contributed by atoms with Crippen LogP contribution >= 0.6 is 0 Å². The topological polar surface area (TPSA) is 33.0 Å². The quantitative estimate of drug-likeness (QED) is 0.766. The van der Waals surface area contributed by atoms with Crippen molar-refractivity contribution in [3.8, 4) is 11.8 Å². The smallest absolute Gasteiger partial charge is 0.122 e. The van der Waals surface area contributed by atoms with E-state index in [9.17, 15) is 5.26 Å². The van der Waals surface area contributed by atoms with Crippen LogP contribution in [0.4, 0.5) is 0 Å². The Kier molecular flexibility index (Phi) is 5.03. The second kappa shape index (κ2) is 6.30. The summed E-state index contributed by atoms with van der Waals surface area (Å²) >= 11 is 0. The van der Waals surface area contributed by atoms with Crippen LogP contribution in [0.2, 0.25) is 0 Å². The summed E-state index contributed by atoms with van der Waals surface area (Å²) in [6, 6.07) is 8.48. The Bertz CT molecular complexity index is 406. The summed E-state index contributed by atoms with van der Waals surface area (Å²) in [5.74, 6) is 1.22. The molecule has 0 spiro atoms. The minimum Gasteiger partial charge on any atom is -0.496 e. The molecule has 0 fully saturated rings. The zero-order chi connectivity index (χ0) is 12.8. The Hall–Kier alpha value is -1.49. The van der Waals surface area contributed by atoms with Gasteiger partial charge in [-0.2, -0.15) is 5.26 Å². The fraction of sp³-hybridized carbons (Fsp3) is 0.533.